The van der Waals surface area contributed by atoms with E-state index < -0.39 is 0 Å². The van der Waals surface area contributed by atoms with Gasteiger partial charge < -0.3 is 19.4 Å². The highest BCUT2D eigenvalue weighted by molar-refractivity contribution is 5.61. The zero-order chi connectivity index (χ0) is 19.5. The van der Waals surface area contributed by atoms with Crippen LogP contribution >= 0.6 is 0 Å². The first-order chi connectivity index (χ1) is 13.7. The minimum Gasteiger partial charge on any atom is -0.378 e. The van der Waals surface area contributed by atoms with Crippen LogP contribution in [0.1, 0.15) is 11.4 Å². The Balaban J connectivity index is 1.50. The van der Waals surface area contributed by atoms with Crippen molar-refractivity contribution in [2.75, 3.05) is 67.2 Å². The Morgan fingerprint density at radius 2 is 1.57 bits per heavy atom. The van der Waals surface area contributed by atoms with Gasteiger partial charge in [-0.1, -0.05) is 6.07 Å². The average Bonchev–Trinajstić information content (AvgIpc) is 2.74. The Kier molecular flexibility index (Phi) is 5.26. The number of hydrogen-bond acceptors (Lipinski definition) is 7. The van der Waals surface area contributed by atoms with Crippen LogP contribution in [0.4, 0.5) is 21.7 Å². The number of rotatable bonds is 3. The molecule has 0 unspecified atom stereocenters. The van der Waals surface area contributed by atoms with Crippen LogP contribution in [0.3, 0.4) is 0 Å². The first kappa shape index (κ1) is 18.4. The van der Waals surface area contributed by atoms with E-state index in [4.69, 9.17) is 4.74 Å². The van der Waals surface area contributed by atoms with Gasteiger partial charge in [-0.25, -0.2) is 14.4 Å². The third-order valence-corrected chi connectivity index (χ3v) is 5.17. The van der Waals surface area contributed by atoms with E-state index in [9.17, 15) is 9.65 Å². The molecule has 0 aliphatic carbocycles. The molecule has 7 nitrogen and oxygen atoms in total. The number of aromatic nitrogens is 2. The summed E-state index contributed by atoms with van der Waals surface area (Å²) in [5.74, 6) is 2.21. The first-order valence-electron chi connectivity index (χ1n) is 9.52. The number of halogens is 1. The highest BCUT2D eigenvalue weighted by atomic mass is 19.1. The average molecular weight is 382 g/mol. The molecule has 28 heavy (non-hydrogen) atoms. The largest absolute Gasteiger partial charge is 0.378 e. The third kappa shape index (κ3) is 3.71. The Morgan fingerprint density at radius 1 is 0.964 bits per heavy atom. The van der Waals surface area contributed by atoms with Crippen molar-refractivity contribution in [2.24, 2.45) is 0 Å². The number of ether oxygens (including phenoxy) is 1. The van der Waals surface area contributed by atoms with E-state index in [0.717, 1.165) is 30.5 Å². The minimum atomic E-state index is -0.347. The standard InChI is InChI=1S/C20H23FN6O/c1-15-23-18(13-19(24-15)26-9-11-28-12-10-26)25-5-7-27(8-6-25)20-16(14-22)3-2-4-17(20)21/h2-4,13H,5-12H2,1H3. The smallest absolute Gasteiger partial charge is 0.147 e. The molecule has 2 aliphatic rings. The fourth-order valence-electron chi connectivity index (χ4n) is 3.74. The van der Waals surface area contributed by atoms with Crippen molar-refractivity contribution in [3.63, 3.8) is 0 Å². The number of nitrogens with zero attached hydrogens (tertiary/aromatic N) is 6. The topological polar surface area (TPSA) is 68.5 Å². The van der Waals surface area contributed by atoms with E-state index in [2.05, 4.69) is 25.8 Å². The maximum atomic E-state index is 14.3. The second-order valence-electron chi connectivity index (χ2n) is 6.95. The number of hydrogen-bond donors (Lipinski definition) is 0. The fraction of sp³-hybridized carbons (Fsp3) is 0.450. The van der Waals surface area contributed by atoms with Gasteiger partial charge in [0.25, 0.3) is 0 Å². The van der Waals surface area contributed by atoms with Crippen molar-refractivity contribution >= 4 is 17.3 Å². The second-order valence-corrected chi connectivity index (χ2v) is 6.95. The van der Waals surface area contributed by atoms with Gasteiger partial charge in [0.05, 0.1) is 24.5 Å². The van der Waals surface area contributed by atoms with Crippen molar-refractivity contribution in [2.45, 2.75) is 6.92 Å². The zero-order valence-corrected chi connectivity index (χ0v) is 15.9. The Morgan fingerprint density at radius 3 is 2.21 bits per heavy atom. The summed E-state index contributed by atoms with van der Waals surface area (Å²) in [5, 5.41) is 9.30. The van der Waals surface area contributed by atoms with Crippen LogP contribution in [-0.2, 0) is 4.74 Å². The Bertz CT molecular complexity index is 885. The molecule has 146 valence electrons. The normalized spacial score (nSPS) is 17.5. The van der Waals surface area contributed by atoms with Gasteiger partial charge in [-0.05, 0) is 19.1 Å². The van der Waals surface area contributed by atoms with Gasteiger partial charge in [-0.2, -0.15) is 5.26 Å². The summed E-state index contributed by atoms with van der Waals surface area (Å²) in [6, 6.07) is 8.76. The molecule has 0 radical (unpaired) electrons. The van der Waals surface area contributed by atoms with E-state index in [-0.39, 0.29) is 5.82 Å². The maximum absolute atomic E-state index is 14.3. The lowest BCUT2D eigenvalue weighted by molar-refractivity contribution is 0.122. The van der Waals surface area contributed by atoms with Crippen molar-refractivity contribution in [3.8, 4) is 6.07 Å². The third-order valence-electron chi connectivity index (χ3n) is 5.17. The highest BCUT2D eigenvalue weighted by Crippen LogP contribution is 2.27. The predicted octanol–water partition coefficient (Wildman–Crippen LogP) is 1.96. The van der Waals surface area contributed by atoms with Crippen LogP contribution in [0.25, 0.3) is 0 Å². The number of anilines is 3. The molecule has 8 heteroatoms. The molecule has 2 fully saturated rings. The lowest BCUT2D eigenvalue weighted by Gasteiger charge is -2.37. The molecule has 0 N–H and O–H groups in total. The fourth-order valence-corrected chi connectivity index (χ4v) is 3.74. The number of benzene rings is 1. The molecular formula is C20H23FN6O. The molecule has 3 heterocycles. The SMILES string of the molecule is Cc1nc(N2CCOCC2)cc(N2CCN(c3c(F)cccc3C#N)CC2)n1. The number of morpholine rings is 1. The van der Waals surface area contributed by atoms with Crippen molar-refractivity contribution < 1.29 is 9.13 Å². The van der Waals surface area contributed by atoms with Gasteiger partial charge in [0.15, 0.2) is 0 Å². The van der Waals surface area contributed by atoms with Crippen molar-refractivity contribution in [3.05, 3.63) is 41.5 Å². The number of aryl methyl sites for hydroxylation is 1. The van der Waals surface area contributed by atoms with Crippen LogP contribution in [0, 0.1) is 24.1 Å². The van der Waals surface area contributed by atoms with E-state index in [1.54, 1.807) is 12.1 Å². The van der Waals surface area contributed by atoms with Gasteiger partial charge in [-0.15, -0.1) is 0 Å². The molecule has 0 saturated carbocycles. The lowest BCUT2D eigenvalue weighted by Crippen LogP contribution is -2.47. The maximum Gasteiger partial charge on any atom is 0.147 e. The Labute approximate surface area is 164 Å². The molecule has 1 aromatic heterocycles. The summed E-state index contributed by atoms with van der Waals surface area (Å²) in [4.78, 5) is 15.6. The second kappa shape index (κ2) is 7.98. The summed E-state index contributed by atoms with van der Waals surface area (Å²) in [6.45, 7) is 7.65. The number of piperazine rings is 1. The molecule has 1 aromatic carbocycles. The van der Waals surface area contributed by atoms with Gasteiger partial charge >= 0.3 is 0 Å². The molecule has 0 bridgehead atoms. The first-order valence-corrected chi connectivity index (χ1v) is 9.52. The molecule has 0 atom stereocenters. The summed E-state index contributed by atoms with van der Waals surface area (Å²) in [7, 11) is 0. The summed E-state index contributed by atoms with van der Waals surface area (Å²) in [5.41, 5.74) is 0.776. The molecule has 2 aromatic rings. The van der Waals surface area contributed by atoms with Crippen LogP contribution < -0.4 is 14.7 Å². The molecular weight excluding hydrogens is 359 g/mol. The highest BCUT2D eigenvalue weighted by Gasteiger charge is 2.24. The van der Waals surface area contributed by atoms with Gasteiger partial charge in [0, 0.05) is 45.3 Å². The Hall–Kier alpha value is -2.92. The van der Waals surface area contributed by atoms with E-state index in [1.165, 1.54) is 6.07 Å². The van der Waals surface area contributed by atoms with E-state index >= 15 is 0 Å². The van der Waals surface area contributed by atoms with E-state index in [1.807, 2.05) is 17.9 Å². The molecule has 4 rings (SSSR count). The van der Waals surface area contributed by atoms with Crippen LogP contribution in [-0.4, -0.2) is 62.5 Å². The van der Waals surface area contributed by atoms with Crippen LogP contribution in [0.15, 0.2) is 24.3 Å². The lowest BCUT2D eigenvalue weighted by atomic mass is 10.1. The predicted molar refractivity (Wildman–Crippen MR) is 105 cm³/mol. The monoisotopic (exact) mass is 382 g/mol. The quantitative estimate of drug-likeness (QED) is 0.804. The molecule has 0 spiro atoms. The molecule has 2 aliphatic heterocycles. The van der Waals surface area contributed by atoms with Crippen molar-refractivity contribution in [1.29, 1.82) is 5.26 Å². The van der Waals surface area contributed by atoms with Gasteiger partial charge in [0.1, 0.15) is 29.3 Å². The van der Waals surface area contributed by atoms with Crippen molar-refractivity contribution in [1.82, 2.24) is 9.97 Å². The van der Waals surface area contributed by atoms with Gasteiger partial charge in [-0.3, -0.25) is 0 Å². The number of nitriles is 1. The minimum absolute atomic E-state index is 0.347. The zero-order valence-electron chi connectivity index (χ0n) is 15.9. The van der Waals surface area contributed by atoms with E-state index in [0.29, 0.717) is 50.6 Å². The summed E-state index contributed by atoms with van der Waals surface area (Å²) >= 11 is 0. The molecule has 2 saturated heterocycles. The van der Waals surface area contributed by atoms with Crippen LogP contribution in [0.5, 0.6) is 0 Å². The van der Waals surface area contributed by atoms with Gasteiger partial charge in [0.2, 0.25) is 0 Å². The summed E-state index contributed by atoms with van der Waals surface area (Å²) in [6.07, 6.45) is 0. The number of para-hydroxylation sites is 1. The summed E-state index contributed by atoms with van der Waals surface area (Å²) < 4.78 is 19.7. The van der Waals surface area contributed by atoms with Crippen LogP contribution in [0.2, 0.25) is 0 Å². The molecule has 0 amide bonds.